The van der Waals surface area contributed by atoms with Crippen molar-refractivity contribution < 1.29 is 14.3 Å². The van der Waals surface area contributed by atoms with Crippen molar-refractivity contribution in [3.63, 3.8) is 0 Å². The van der Waals surface area contributed by atoms with Gasteiger partial charge in [-0.15, -0.1) is 0 Å². The summed E-state index contributed by atoms with van der Waals surface area (Å²) in [6.07, 6.45) is 8.32. The molecule has 12 heteroatoms. The van der Waals surface area contributed by atoms with E-state index in [9.17, 15) is 9.59 Å². The van der Waals surface area contributed by atoms with Gasteiger partial charge in [-0.05, 0) is 51.3 Å². The molecule has 216 valence electrons. The number of anilines is 1. The number of nitrogens with one attached hydrogen (secondary N) is 3. The van der Waals surface area contributed by atoms with Crippen LogP contribution in [0.1, 0.15) is 51.3 Å². The zero-order valence-corrected chi connectivity index (χ0v) is 24.2. The SMILES string of the molecule is COC(=O)NC1CC(N2C(=O)NC(C)c3cnc4[nH]c(-c5cnn(C)c5)c(-c5ccc6c(cnn6C(C)C)c5)c4c32)C1. The molecule has 3 amide bonds. The molecule has 12 nitrogen and oxygen atoms in total. The van der Waals surface area contributed by atoms with Crippen LogP contribution >= 0.6 is 0 Å². The molecule has 1 unspecified atom stereocenters. The maximum Gasteiger partial charge on any atom is 0.407 e. The molecule has 0 spiro atoms. The molecule has 1 fully saturated rings. The number of fused-ring (bicyclic) bond motifs is 4. The van der Waals surface area contributed by atoms with Gasteiger partial charge in [-0.3, -0.25) is 14.3 Å². The summed E-state index contributed by atoms with van der Waals surface area (Å²) in [4.78, 5) is 35.7. The lowest BCUT2D eigenvalue weighted by molar-refractivity contribution is 0.156. The van der Waals surface area contributed by atoms with Crippen molar-refractivity contribution in [2.24, 2.45) is 7.05 Å². The Balaban J connectivity index is 1.44. The number of amides is 3. The number of carbonyl (C=O) groups is 2. The van der Waals surface area contributed by atoms with Gasteiger partial charge in [0.25, 0.3) is 0 Å². The maximum atomic E-state index is 13.6. The number of ether oxygens (including phenoxy) is 1. The molecule has 7 rings (SSSR count). The van der Waals surface area contributed by atoms with Crippen molar-refractivity contribution in [1.29, 1.82) is 0 Å². The molecular weight excluding hydrogens is 534 g/mol. The Labute approximate surface area is 242 Å². The number of methoxy groups -OCH3 is 1. The van der Waals surface area contributed by atoms with E-state index < -0.39 is 6.09 Å². The van der Waals surface area contributed by atoms with Gasteiger partial charge < -0.3 is 20.4 Å². The smallest absolute Gasteiger partial charge is 0.407 e. The number of H-pyrrole nitrogens is 1. The lowest BCUT2D eigenvalue weighted by atomic mass is 9.84. The summed E-state index contributed by atoms with van der Waals surface area (Å²) in [5, 5.41) is 16.9. The molecular formula is C30H33N9O3. The first kappa shape index (κ1) is 26.1. The van der Waals surface area contributed by atoms with Gasteiger partial charge in [0.2, 0.25) is 0 Å². The van der Waals surface area contributed by atoms with E-state index in [4.69, 9.17) is 9.72 Å². The van der Waals surface area contributed by atoms with Gasteiger partial charge in [-0.25, -0.2) is 14.6 Å². The van der Waals surface area contributed by atoms with Crippen LogP contribution in [-0.4, -0.2) is 60.8 Å². The fraction of sp³-hybridized carbons (Fsp3) is 0.367. The zero-order chi connectivity index (χ0) is 29.3. The van der Waals surface area contributed by atoms with E-state index in [1.165, 1.54) is 7.11 Å². The van der Waals surface area contributed by atoms with E-state index >= 15 is 0 Å². The van der Waals surface area contributed by atoms with Crippen molar-refractivity contribution in [1.82, 2.24) is 40.2 Å². The minimum Gasteiger partial charge on any atom is -0.453 e. The maximum absolute atomic E-state index is 13.6. The van der Waals surface area contributed by atoms with E-state index in [0.717, 1.165) is 49.9 Å². The third-order valence-electron chi connectivity index (χ3n) is 8.44. The standard InChI is InChI=1S/C30H33N9O3/c1-15(2)39-23-7-6-17(8-18(23)11-33-39)24-25-27-22(13-31-28(25)36-26(24)19-12-32-37(4)14-19)16(3)34-29(40)38(27)21-9-20(10-21)35-30(41)42-5/h6-8,11-16,20-21H,9-10H2,1-5H3,(H,31,36)(H,34,40)(H,35,41). The second-order valence-corrected chi connectivity index (χ2v) is 11.5. The van der Waals surface area contributed by atoms with Gasteiger partial charge >= 0.3 is 12.1 Å². The number of aryl methyl sites for hydroxylation is 1. The summed E-state index contributed by atoms with van der Waals surface area (Å²) < 4.78 is 8.56. The fourth-order valence-corrected chi connectivity index (χ4v) is 6.33. The summed E-state index contributed by atoms with van der Waals surface area (Å²) in [6.45, 7) is 6.21. The van der Waals surface area contributed by atoms with Crippen LogP contribution in [0.15, 0.2) is 43.0 Å². The Morgan fingerprint density at radius 2 is 1.95 bits per heavy atom. The highest BCUT2D eigenvalue weighted by Gasteiger charge is 2.43. The lowest BCUT2D eigenvalue weighted by Crippen LogP contribution is -2.59. The van der Waals surface area contributed by atoms with E-state index in [1.807, 2.05) is 48.3 Å². The molecule has 1 aliphatic carbocycles. The second kappa shape index (κ2) is 9.61. The molecule has 5 aromatic rings. The molecule has 1 aromatic carbocycles. The number of hydrogen-bond acceptors (Lipinski definition) is 6. The molecule has 0 bridgehead atoms. The van der Waals surface area contributed by atoms with E-state index in [0.29, 0.717) is 18.5 Å². The van der Waals surface area contributed by atoms with Gasteiger partial charge in [-0.1, -0.05) is 6.07 Å². The normalized spacial score (nSPS) is 20.1. The van der Waals surface area contributed by atoms with Crippen LogP contribution in [0.25, 0.3) is 44.3 Å². The molecule has 0 radical (unpaired) electrons. The Morgan fingerprint density at radius 1 is 1.14 bits per heavy atom. The monoisotopic (exact) mass is 567 g/mol. The van der Waals surface area contributed by atoms with Crippen LogP contribution in [0.4, 0.5) is 15.3 Å². The summed E-state index contributed by atoms with van der Waals surface area (Å²) >= 11 is 0. The first-order chi connectivity index (χ1) is 20.2. The predicted octanol–water partition coefficient (Wildman–Crippen LogP) is 5.04. The molecule has 3 N–H and O–H groups in total. The van der Waals surface area contributed by atoms with E-state index in [-0.39, 0.29) is 30.2 Å². The number of aromatic amines is 1. The average molecular weight is 568 g/mol. The molecule has 42 heavy (non-hydrogen) atoms. The number of nitrogens with zero attached hydrogens (tertiary/aromatic N) is 6. The quantitative estimate of drug-likeness (QED) is 0.272. The average Bonchev–Trinajstić information content (AvgIpc) is 3.66. The van der Waals surface area contributed by atoms with E-state index in [2.05, 4.69) is 57.9 Å². The number of alkyl carbamates (subject to hydrolysis) is 1. The molecule has 1 aliphatic heterocycles. The second-order valence-electron chi connectivity index (χ2n) is 11.5. The Morgan fingerprint density at radius 3 is 2.67 bits per heavy atom. The topological polar surface area (TPSA) is 135 Å². The highest BCUT2D eigenvalue weighted by molar-refractivity contribution is 6.14. The number of aromatic nitrogens is 6. The fourth-order valence-electron chi connectivity index (χ4n) is 6.33. The number of urea groups is 1. The van der Waals surface area contributed by atoms with Crippen molar-refractivity contribution in [2.75, 3.05) is 12.0 Å². The lowest BCUT2D eigenvalue weighted by Gasteiger charge is -2.46. The van der Waals surface area contributed by atoms with E-state index in [1.54, 1.807) is 4.68 Å². The zero-order valence-electron chi connectivity index (χ0n) is 24.2. The van der Waals surface area contributed by atoms with Crippen molar-refractivity contribution in [3.05, 3.63) is 48.5 Å². The predicted molar refractivity (Wildman–Crippen MR) is 159 cm³/mol. The molecule has 1 atom stereocenters. The van der Waals surface area contributed by atoms with Crippen molar-refractivity contribution in [3.8, 4) is 22.4 Å². The Bertz CT molecular complexity index is 1860. The van der Waals surface area contributed by atoms with Crippen molar-refractivity contribution in [2.45, 2.75) is 57.8 Å². The van der Waals surface area contributed by atoms with Crippen molar-refractivity contribution >= 4 is 39.7 Å². The third kappa shape index (κ3) is 4.00. The van der Waals surface area contributed by atoms with Gasteiger partial charge in [0, 0.05) is 59.6 Å². The van der Waals surface area contributed by atoms with Crippen LogP contribution < -0.4 is 15.5 Å². The minimum absolute atomic E-state index is 0.0630. The highest BCUT2D eigenvalue weighted by atomic mass is 16.5. The molecule has 2 aliphatic rings. The third-order valence-corrected chi connectivity index (χ3v) is 8.44. The van der Waals surface area contributed by atoms with Gasteiger partial charge in [0.15, 0.2) is 0 Å². The number of hydrogen-bond donors (Lipinski definition) is 3. The first-order valence-corrected chi connectivity index (χ1v) is 14.2. The van der Waals surface area contributed by atoms with Gasteiger partial charge in [-0.2, -0.15) is 10.2 Å². The summed E-state index contributed by atoms with van der Waals surface area (Å²) in [6, 6.07) is 6.06. The van der Waals surface area contributed by atoms with Gasteiger partial charge in [0.05, 0.1) is 47.8 Å². The summed E-state index contributed by atoms with van der Waals surface area (Å²) in [7, 11) is 3.24. The molecule has 4 aromatic heterocycles. The molecule has 1 saturated carbocycles. The summed E-state index contributed by atoms with van der Waals surface area (Å²) in [5.74, 6) is 0. The summed E-state index contributed by atoms with van der Waals surface area (Å²) in [5.41, 5.74) is 7.28. The molecule has 5 heterocycles. The molecule has 0 saturated heterocycles. The van der Waals surface area contributed by atoms with Crippen LogP contribution in [0, 0.1) is 0 Å². The Hall–Kier alpha value is -4.87. The Kier molecular flexibility index (Phi) is 5.96. The van der Waals surface area contributed by atoms with Crippen LogP contribution in [0.3, 0.4) is 0 Å². The van der Waals surface area contributed by atoms with Crippen LogP contribution in [0.2, 0.25) is 0 Å². The van der Waals surface area contributed by atoms with Gasteiger partial charge in [0.1, 0.15) is 5.65 Å². The van der Waals surface area contributed by atoms with Crippen LogP contribution in [-0.2, 0) is 11.8 Å². The highest BCUT2D eigenvalue weighted by Crippen LogP contribution is 2.48. The minimum atomic E-state index is -0.465. The van der Waals surface area contributed by atoms with Crippen LogP contribution in [0.5, 0.6) is 0 Å². The first-order valence-electron chi connectivity index (χ1n) is 14.2. The number of benzene rings is 1. The largest absolute Gasteiger partial charge is 0.453 e. The number of carbonyl (C=O) groups excluding carboxylic acids is 2. The number of rotatable bonds is 5. The number of pyridine rings is 1.